The molecule has 1 aromatic carbocycles. The number of carbonyl (C=O) groups is 1. The molecule has 10 heteroatoms. The van der Waals surface area contributed by atoms with Crippen LogP contribution < -0.4 is 14.8 Å². The highest BCUT2D eigenvalue weighted by Crippen LogP contribution is 2.36. The Hall–Kier alpha value is -2.45. The fourth-order valence-electron chi connectivity index (χ4n) is 5.58. The van der Waals surface area contributed by atoms with E-state index in [0.29, 0.717) is 12.2 Å². The first-order chi connectivity index (χ1) is 21.5. The molecule has 0 spiro atoms. The molecule has 0 bridgehead atoms. The van der Waals surface area contributed by atoms with Gasteiger partial charge in [0, 0.05) is 23.7 Å². The van der Waals surface area contributed by atoms with E-state index in [4.69, 9.17) is 9.47 Å². The molecule has 2 atom stereocenters. The van der Waals surface area contributed by atoms with Crippen LogP contribution in [0, 0.1) is 13.8 Å². The third kappa shape index (κ3) is 16.1. The van der Waals surface area contributed by atoms with E-state index in [1.54, 1.807) is 25.4 Å². The number of aryl methyl sites for hydroxylation is 1. The third-order valence-electron chi connectivity index (χ3n) is 8.25. The van der Waals surface area contributed by atoms with Crippen molar-refractivity contribution in [2.75, 3.05) is 13.3 Å². The fourth-order valence-corrected chi connectivity index (χ4v) is 6.32. The maximum Gasteiger partial charge on any atom is 0.328 e. The maximum atomic E-state index is 12.7. The number of rotatable bonds is 24. The number of hydrogen-bond acceptors (Lipinski definition) is 6. The van der Waals surface area contributed by atoms with E-state index in [2.05, 4.69) is 17.2 Å². The molecule has 1 aromatic heterocycles. The highest BCUT2D eigenvalue weighted by molar-refractivity contribution is 7.51. The number of aliphatic hydroxyl groups excluding tert-OH is 1. The van der Waals surface area contributed by atoms with E-state index in [9.17, 15) is 24.3 Å². The van der Waals surface area contributed by atoms with Gasteiger partial charge in [-0.05, 0) is 44.4 Å². The van der Waals surface area contributed by atoms with Crippen molar-refractivity contribution < 1.29 is 33.7 Å². The molecule has 45 heavy (non-hydrogen) atoms. The van der Waals surface area contributed by atoms with Crippen molar-refractivity contribution in [1.29, 1.82) is 0 Å². The molecule has 1 amide bonds. The maximum absolute atomic E-state index is 12.7. The summed E-state index contributed by atoms with van der Waals surface area (Å²) in [4.78, 5) is 36.1. The van der Waals surface area contributed by atoms with Gasteiger partial charge in [0.25, 0.3) is 0 Å². The summed E-state index contributed by atoms with van der Waals surface area (Å²) in [6, 6.07) is 6.39. The number of hydrogen-bond donors (Lipinski definition) is 4. The van der Waals surface area contributed by atoms with Gasteiger partial charge in [0.1, 0.15) is 18.1 Å². The quantitative estimate of drug-likeness (QED) is 0.0686. The Morgan fingerprint density at radius 2 is 1.47 bits per heavy atom. The van der Waals surface area contributed by atoms with Crippen LogP contribution >= 0.6 is 7.60 Å². The third-order valence-corrected chi connectivity index (χ3v) is 9.10. The van der Waals surface area contributed by atoms with Crippen LogP contribution in [0.25, 0.3) is 0 Å². The zero-order valence-corrected chi connectivity index (χ0v) is 28.8. The standard InChI is InChI=1S/C35H57N2O7P/c1-5-6-7-8-9-10-11-12-13-14-15-16-17-18-34(39)37-31(33(38)26-45(40,41)42)23-29-19-21-30(22-20-29)44-25-32-28(3)35(43-4)27(2)24-36-32/h19-22,24,31,33,38H,5-18,23,25-26H2,1-4H3,(H,37,39)(H2,40,41,42)/t31-,33-/m0/s1. The number of ether oxygens (including phenoxy) is 2. The van der Waals surface area contributed by atoms with Gasteiger partial charge < -0.3 is 29.7 Å². The second-order valence-electron chi connectivity index (χ2n) is 12.3. The second-order valence-corrected chi connectivity index (χ2v) is 14.0. The SMILES string of the molecule is CCCCCCCCCCCCCCCC(=O)N[C@@H](Cc1ccc(OCc2ncc(C)c(OC)c2C)cc1)[C@@H](O)CP(=O)(O)O. The summed E-state index contributed by atoms with van der Waals surface area (Å²) in [5.41, 5.74) is 3.44. The Labute approximate surface area is 270 Å². The van der Waals surface area contributed by atoms with E-state index < -0.39 is 25.9 Å². The molecule has 4 N–H and O–H groups in total. The molecule has 0 aliphatic heterocycles. The number of aliphatic hydroxyl groups is 1. The van der Waals surface area contributed by atoms with Crippen molar-refractivity contribution in [3.63, 3.8) is 0 Å². The first-order valence-corrected chi connectivity index (χ1v) is 18.6. The number of carbonyl (C=O) groups excluding carboxylic acids is 1. The van der Waals surface area contributed by atoms with Gasteiger partial charge in [-0.15, -0.1) is 0 Å². The first kappa shape index (κ1) is 38.7. The summed E-state index contributed by atoms with van der Waals surface area (Å²) >= 11 is 0. The molecule has 2 aromatic rings. The average molecular weight is 649 g/mol. The van der Waals surface area contributed by atoms with Gasteiger partial charge in [-0.1, -0.05) is 96.1 Å². The number of amides is 1. The van der Waals surface area contributed by atoms with Crippen LogP contribution in [-0.2, 0) is 22.4 Å². The van der Waals surface area contributed by atoms with Crippen LogP contribution in [0.3, 0.4) is 0 Å². The van der Waals surface area contributed by atoms with Crippen LogP contribution in [0.1, 0.15) is 119 Å². The van der Waals surface area contributed by atoms with Gasteiger partial charge in [0.2, 0.25) is 5.91 Å². The molecule has 0 unspecified atom stereocenters. The summed E-state index contributed by atoms with van der Waals surface area (Å²) in [7, 11) is -2.84. The molecule has 254 valence electrons. The molecule has 0 aliphatic carbocycles. The topological polar surface area (TPSA) is 138 Å². The van der Waals surface area contributed by atoms with Crippen LogP contribution in [0.5, 0.6) is 11.5 Å². The molecular formula is C35H57N2O7P. The Morgan fingerprint density at radius 3 is 2.00 bits per heavy atom. The van der Waals surface area contributed by atoms with Crippen molar-refractivity contribution in [3.05, 3.63) is 52.8 Å². The van der Waals surface area contributed by atoms with Gasteiger partial charge in [-0.25, -0.2) is 0 Å². The van der Waals surface area contributed by atoms with Crippen LogP contribution in [-0.4, -0.2) is 51.2 Å². The summed E-state index contributed by atoms with van der Waals surface area (Å²) in [6.45, 7) is 6.39. The number of nitrogens with zero attached hydrogens (tertiary/aromatic N) is 1. The highest BCUT2D eigenvalue weighted by atomic mass is 31.2. The summed E-state index contributed by atoms with van der Waals surface area (Å²) in [5, 5.41) is 13.5. The van der Waals surface area contributed by atoms with Gasteiger partial charge in [-0.3, -0.25) is 14.3 Å². The second kappa shape index (κ2) is 21.4. The zero-order valence-electron chi connectivity index (χ0n) is 27.9. The van der Waals surface area contributed by atoms with Crippen molar-refractivity contribution in [1.82, 2.24) is 10.3 Å². The van der Waals surface area contributed by atoms with Gasteiger partial charge in [0.05, 0.1) is 31.1 Å². The van der Waals surface area contributed by atoms with Gasteiger partial charge in [-0.2, -0.15) is 0 Å². The summed E-state index contributed by atoms with van der Waals surface area (Å²) in [5.74, 6) is 1.19. The predicted octanol–water partition coefficient (Wildman–Crippen LogP) is 7.33. The van der Waals surface area contributed by atoms with Crippen molar-refractivity contribution in [2.45, 2.75) is 136 Å². The lowest BCUT2D eigenvalue weighted by Gasteiger charge is -2.25. The lowest BCUT2D eigenvalue weighted by Crippen LogP contribution is -2.46. The Morgan fingerprint density at radius 1 is 0.911 bits per heavy atom. The lowest BCUT2D eigenvalue weighted by atomic mass is 10.0. The van der Waals surface area contributed by atoms with Gasteiger partial charge in [0.15, 0.2) is 0 Å². The number of aromatic nitrogens is 1. The molecule has 0 saturated carbocycles. The minimum atomic E-state index is -4.47. The number of pyridine rings is 1. The molecule has 0 radical (unpaired) electrons. The number of benzene rings is 1. The van der Waals surface area contributed by atoms with E-state index in [-0.39, 0.29) is 18.9 Å². The zero-order chi connectivity index (χ0) is 33.1. The normalized spacial score (nSPS) is 13.0. The minimum absolute atomic E-state index is 0.218. The Balaban J connectivity index is 1.79. The average Bonchev–Trinajstić information content (AvgIpc) is 2.99. The smallest absolute Gasteiger partial charge is 0.328 e. The first-order valence-electron chi connectivity index (χ1n) is 16.8. The Kier molecular flexibility index (Phi) is 18.4. The predicted molar refractivity (Wildman–Crippen MR) is 180 cm³/mol. The summed E-state index contributed by atoms with van der Waals surface area (Å²) < 4.78 is 23.0. The molecule has 0 aliphatic rings. The number of unbranched alkanes of at least 4 members (excludes halogenated alkanes) is 12. The van der Waals surface area contributed by atoms with Crippen LogP contribution in [0.4, 0.5) is 0 Å². The van der Waals surface area contributed by atoms with Crippen LogP contribution in [0.15, 0.2) is 30.5 Å². The van der Waals surface area contributed by atoms with E-state index in [1.165, 1.54) is 64.2 Å². The summed E-state index contributed by atoms with van der Waals surface area (Å²) in [6.07, 6.45) is 16.0. The monoisotopic (exact) mass is 648 g/mol. The molecule has 2 rings (SSSR count). The largest absolute Gasteiger partial charge is 0.496 e. The van der Waals surface area contributed by atoms with Crippen molar-refractivity contribution in [3.8, 4) is 11.5 Å². The molecular weight excluding hydrogens is 591 g/mol. The number of nitrogens with one attached hydrogen (secondary N) is 1. The van der Waals surface area contributed by atoms with E-state index in [1.807, 2.05) is 26.0 Å². The van der Waals surface area contributed by atoms with Crippen molar-refractivity contribution >= 4 is 13.5 Å². The Bertz CT molecular complexity index is 1170. The number of methoxy groups -OCH3 is 1. The van der Waals surface area contributed by atoms with Gasteiger partial charge >= 0.3 is 7.60 Å². The highest BCUT2D eigenvalue weighted by Gasteiger charge is 2.28. The molecule has 9 nitrogen and oxygen atoms in total. The van der Waals surface area contributed by atoms with Crippen LogP contribution in [0.2, 0.25) is 0 Å². The molecule has 0 saturated heterocycles. The fraction of sp³-hybridized carbons (Fsp3) is 0.657. The molecule has 1 heterocycles. The van der Waals surface area contributed by atoms with E-state index >= 15 is 0 Å². The molecule has 0 fully saturated rings. The van der Waals surface area contributed by atoms with E-state index in [0.717, 1.165) is 47.4 Å². The minimum Gasteiger partial charge on any atom is -0.496 e. The lowest BCUT2D eigenvalue weighted by molar-refractivity contribution is -0.122. The van der Waals surface area contributed by atoms with Crippen molar-refractivity contribution in [2.24, 2.45) is 0 Å².